The minimum Gasteiger partial charge on any atom is -0.394 e. The molecule has 10 nitrogen and oxygen atoms in total. The summed E-state index contributed by atoms with van der Waals surface area (Å²) in [5, 5.41) is 64.8. The molecule has 0 aliphatic carbocycles. The first-order chi connectivity index (χ1) is 29.7. The van der Waals surface area contributed by atoms with E-state index in [2.05, 4.69) is 56.5 Å². The van der Waals surface area contributed by atoms with Gasteiger partial charge in [0.05, 0.1) is 25.4 Å². The summed E-state index contributed by atoms with van der Waals surface area (Å²) in [6.07, 6.45) is 38.8. The molecule has 0 aromatic carbocycles. The summed E-state index contributed by atoms with van der Waals surface area (Å²) in [6, 6.07) is -1.01. The van der Waals surface area contributed by atoms with Crippen molar-refractivity contribution in [3.05, 3.63) is 48.1 Å². The first kappa shape index (κ1) is 57.1. The van der Waals surface area contributed by atoms with Crippen LogP contribution in [0.15, 0.2) is 48.1 Å². The van der Waals surface area contributed by atoms with Crippen molar-refractivity contribution in [3.8, 4) is 0 Å². The van der Waals surface area contributed by atoms with Crippen molar-refractivity contribution in [3.63, 3.8) is 0 Å². The van der Waals surface area contributed by atoms with Crippen LogP contribution in [0.5, 0.6) is 0 Å². The van der Waals surface area contributed by atoms with Crippen molar-refractivity contribution < 1.29 is 44.9 Å². The Morgan fingerprint density at radius 1 is 0.623 bits per heavy atom. The first-order valence-electron chi connectivity index (χ1n) is 24.9. The van der Waals surface area contributed by atoms with E-state index in [4.69, 9.17) is 9.47 Å². The topological polar surface area (TPSA) is 169 Å². The fourth-order valence-electron chi connectivity index (χ4n) is 7.67. The lowest BCUT2D eigenvalue weighted by Crippen LogP contribution is -2.60. The van der Waals surface area contributed by atoms with E-state index in [1.807, 2.05) is 6.08 Å². The highest BCUT2D eigenvalue weighted by molar-refractivity contribution is 5.80. The highest BCUT2D eigenvalue weighted by Crippen LogP contribution is 2.23. The van der Waals surface area contributed by atoms with E-state index in [1.165, 1.54) is 140 Å². The Hall–Kier alpha value is -1.89. The molecule has 8 atom stereocenters. The van der Waals surface area contributed by atoms with E-state index in [-0.39, 0.29) is 6.61 Å². The zero-order valence-electron chi connectivity index (χ0n) is 39.0. The third-order valence-electron chi connectivity index (χ3n) is 11.8. The molecule has 1 aliphatic rings. The van der Waals surface area contributed by atoms with Crippen LogP contribution in [0.3, 0.4) is 0 Å². The molecule has 10 heteroatoms. The van der Waals surface area contributed by atoms with Crippen molar-refractivity contribution in [2.24, 2.45) is 0 Å². The first-order valence-corrected chi connectivity index (χ1v) is 24.9. The Balaban J connectivity index is 2.40. The molecule has 1 fully saturated rings. The number of aliphatic hydroxyl groups is 6. The molecule has 61 heavy (non-hydrogen) atoms. The van der Waals surface area contributed by atoms with Crippen LogP contribution in [-0.2, 0) is 14.3 Å². The zero-order chi connectivity index (χ0) is 44.8. The summed E-state index contributed by atoms with van der Waals surface area (Å²) in [5.41, 5.74) is 1.18. The second-order valence-electron chi connectivity index (χ2n) is 17.6. The fraction of sp³-hybridized carbons (Fsp3) is 0.824. The average Bonchev–Trinajstić information content (AvgIpc) is 3.25. The lowest BCUT2D eigenvalue weighted by Gasteiger charge is -2.40. The summed E-state index contributed by atoms with van der Waals surface area (Å²) >= 11 is 0. The molecular formula is C51H93NO9. The van der Waals surface area contributed by atoms with E-state index in [0.717, 1.165) is 32.1 Å². The van der Waals surface area contributed by atoms with Crippen molar-refractivity contribution in [1.29, 1.82) is 0 Å². The summed E-state index contributed by atoms with van der Waals surface area (Å²) in [7, 11) is 0. The van der Waals surface area contributed by atoms with Gasteiger partial charge < -0.3 is 45.4 Å². The Morgan fingerprint density at radius 3 is 1.64 bits per heavy atom. The molecule has 0 radical (unpaired) electrons. The number of amides is 1. The Bertz CT molecular complexity index is 1140. The molecule has 0 bridgehead atoms. The molecule has 1 aliphatic heterocycles. The molecule has 7 N–H and O–H groups in total. The van der Waals surface area contributed by atoms with Crippen molar-refractivity contribution in [2.75, 3.05) is 13.2 Å². The molecule has 1 rings (SSSR count). The highest BCUT2D eigenvalue weighted by Gasteiger charge is 2.44. The third kappa shape index (κ3) is 30.0. The van der Waals surface area contributed by atoms with E-state index in [9.17, 15) is 35.4 Å². The molecule has 356 valence electrons. The third-order valence-corrected chi connectivity index (χ3v) is 11.8. The molecule has 1 heterocycles. The number of allylic oxidation sites excluding steroid dienone is 7. The molecule has 1 saturated heterocycles. The smallest absolute Gasteiger partial charge is 0.249 e. The highest BCUT2D eigenvalue weighted by atomic mass is 16.7. The molecule has 0 aromatic heterocycles. The maximum Gasteiger partial charge on any atom is 0.249 e. The molecular weight excluding hydrogens is 771 g/mol. The molecule has 1 amide bonds. The van der Waals surface area contributed by atoms with Gasteiger partial charge in [-0.3, -0.25) is 4.79 Å². The van der Waals surface area contributed by atoms with Crippen molar-refractivity contribution in [1.82, 2.24) is 5.32 Å². The summed E-state index contributed by atoms with van der Waals surface area (Å²) in [4.78, 5) is 13.1. The van der Waals surface area contributed by atoms with Gasteiger partial charge in [-0.25, -0.2) is 0 Å². The predicted octanol–water partition coefficient (Wildman–Crippen LogP) is 9.98. The number of nitrogens with one attached hydrogen (secondary N) is 1. The van der Waals surface area contributed by atoms with Crippen molar-refractivity contribution >= 4 is 5.91 Å². The van der Waals surface area contributed by atoms with Crippen LogP contribution in [0.25, 0.3) is 0 Å². The standard InChI is InChI=1S/C51H93NO9/c1-4-6-8-10-12-13-14-15-16-17-18-19-20-21-22-23-24-25-26-28-30-34-39-45(55)50(59)52-43(41-60-51-49(58)48(57)47(56)46(40-53)61-51)44(54)38-35-31-33-37-42(3)36-32-29-27-11-9-7-5-2/h15-16,32,35-38,43-49,51,53-58H,4-14,17-31,33-34,39-41H2,1-3H3,(H,52,59)/b16-15?,36-32+,38-35+,42-37+/t43-,44+,45+,46+,47+,48-,49+,51+/m0/s1. The number of carbonyl (C=O) groups excluding carboxylic acids is 1. The summed E-state index contributed by atoms with van der Waals surface area (Å²) in [5.74, 6) is -0.634. The van der Waals surface area contributed by atoms with Crippen LogP contribution in [-0.4, -0.2) is 98.7 Å². The number of hydrogen-bond donors (Lipinski definition) is 7. The second kappa shape index (κ2) is 39.7. The van der Waals surface area contributed by atoms with Gasteiger partial charge in [0.2, 0.25) is 5.91 Å². The van der Waals surface area contributed by atoms with Crippen LogP contribution in [0.1, 0.15) is 207 Å². The van der Waals surface area contributed by atoms with Gasteiger partial charge in [-0.1, -0.05) is 190 Å². The fourth-order valence-corrected chi connectivity index (χ4v) is 7.67. The number of carbonyl (C=O) groups is 1. The number of aliphatic hydroxyl groups excluding tert-OH is 6. The van der Waals surface area contributed by atoms with Crippen molar-refractivity contribution in [2.45, 2.75) is 256 Å². The predicted molar refractivity (Wildman–Crippen MR) is 250 cm³/mol. The molecule has 0 saturated carbocycles. The zero-order valence-corrected chi connectivity index (χ0v) is 39.0. The Morgan fingerprint density at radius 2 is 1.11 bits per heavy atom. The lowest BCUT2D eigenvalue weighted by atomic mass is 9.99. The van der Waals surface area contributed by atoms with E-state index in [1.54, 1.807) is 6.08 Å². The number of hydrogen-bond acceptors (Lipinski definition) is 9. The van der Waals surface area contributed by atoms with Crippen LogP contribution in [0.4, 0.5) is 0 Å². The minimum atomic E-state index is -1.62. The molecule has 0 aromatic rings. The maximum atomic E-state index is 13.1. The normalized spacial score (nSPS) is 21.5. The lowest BCUT2D eigenvalue weighted by molar-refractivity contribution is -0.302. The summed E-state index contributed by atoms with van der Waals surface area (Å²) < 4.78 is 11.1. The van der Waals surface area contributed by atoms with Crippen LogP contribution in [0.2, 0.25) is 0 Å². The van der Waals surface area contributed by atoms with Gasteiger partial charge in [0.25, 0.3) is 0 Å². The number of ether oxygens (including phenoxy) is 2. The SMILES string of the molecule is CCCCCCC/C=C/C(C)=C/CC/C=C/[C@@H](O)[C@H](CO[C@@H]1O[C@H](CO)[C@@H](O)[C@H](O)[C@H]1O)NC(=O)[C@H](O)CCCCCCCCCCCCCCC=CCCCCCCCC. The monoisotopic (exact) mass is 864 g/mol. The van der Waals surface area contributed by atoms with E-state index < -0.39 is 61.5 Å². The quantitative estimate of drug-likeness (QED) is 0.0180. The van der Waals surface area contributed by atoms with E-state index in [0.29, 0.717) is 19.3 Å². The van der Waals surface area contributed by atoms with Gasteiger partial charge in [0, 0.05) is 0 Å². The number of unbranched alkanes of at least 4 members (excludes halogenated alkanes) is 24. The van der Waals surface area contributed by atoms with Gasteiger partial charge >= 0.3 is 0 Å². The van der Waals surface area contributed by atoms with Gasteiger partial charge in [-0.05, 0) is 64.7 Å². The van der Waals surface area contributed by atoms with E-state index >= 15 is 0 Å². The van der Waals surface area contributed by atoms with Gasteiger partial charge in [-0.15, -0.1) is 0 Å². The molecule has 0 spiro atoms. The average molecular weight is 864 g/mol. The minimum absolute atomic E-state index is 0.298. The van der Waals surface area contributed by atoms with Gasteiger partial charge in [-0.2, -0.15) is 0 Å². The second-order valence-corrected chi connectivity index (χ2v) is 17.6. The van der Waals surface area contributed by atoms with Crippen LogP contribution >= 0.6 is 0 Å². The van der Waals surface area contributed by atoms with Gasteiger partial charge in [0.15, 0.2) is 6.29 Å². The Kier molecular flexibility index (Phi) is 37.2. The van der Waals surface area contributed by atoms with Crippen LogP contribution < -0.4 is 5.32 Å². The largest absolute Gasteiger partial charge is 0.394 e. The van der Waals surface area contributed by atoms with Crippen LogP contribution in [0, 0.1) is 0 Å². The van der Waals surface area contributed by atoms with Gasteiger partial charge in [0.1, 0.15) is 30.5 Å². The summed E-state index contributed by atoms with van der Waals surface area (Å²) in [6.45, 7) is 5.62. The molecule has 0 unspecified atom stereocenters. The maximum absolute atomic E-state index is 13.1. The number of rotatable bonds is 40. The Labute approximate surface area is 372 Å².